The van der Waals surface area contributed by atoms with E-state index < -0.39 is 30.6 Å². The Morgan fingerprint density at radius 1 is 1.25 bits per heavy atom. The van der Waals surface area contributed by atoms with Crippen molar-refractivity contribution in [2.45, 2.75) is 19.4 Å². The smallest absolute Gasteiger partial charge is 0.347 e. The fourth-order valence-electron chi connectivity index (χ4n) is 1.36. The maximum absolute atomic E-state index is 11.7. The van der Waals surface area contributed by atoms with Crippen LogP contribution >= 0.6 is 0 Å². The lowest BCUT2D eigenvalue weighted by Crippen LogP contribution is -2.39. The number of nitrogens with one attached hydrogen (secondary N) is 1. The van der Waals surface area contributed by atoms with Crippen LogP contribution < -0.4 is 15.8 Å². The molecule has 0 unspecified atom stereocenters. The second-order valence-corrected chi connectivity index (χ2v) is 3.85. The maximum Gasteiger partial charge on any atom is 0.347 e. The molecule has 0 aliphatic carbocycles. The van der Waals surface area contributed by atoms with Crippen molar-refractivity contribution < 1.29 is 23.9 Å². The molecular weight excluding hydrogens is 264 g/mol. The lowest BCUT2D eigenvalue weighted by Gasteiger charge is -2.16. The van der Waals surface area contributed by atoms with Gasteiger partial charge >= 0.3 is 12.0 Å². The van der Waals surface area contributed by atoms with Gasteiger partial charge in [-0.1, -0.05) is 25.1 Å². The van der Waals surface area contributed by atoms with Crippen LogP contribution in [-0.4, -0.2) is 30.6 Å². The normalized spacial score (nSPS) is 11.2. The van der Waals surface area contributed by atoms with Gasteiger partial charge in [-0.3, -0.25) is 10.1 Å². The molecule has 7 nitrogen and oxygen atoms in total. The number of imide groups is 1. The largest absolute Gasteiger partial charge is 0.479 e. The Hall–Kier alpha value is -2.57. The second kappa shape index (κ2) is 7.78. The Morgan fingerprint density at radius 3 is 2.45 bits per heavy atom. The molecule has 0 fully saturated rings. The molecular formula is C13H16N2O5. The highest BCUT2D eigenvalue weighted by atomic mass is 16.6. The minimum atomic E-state index is -1.00. The Kier molecular flexibility index (Phi) is 6.02. The molecule has 1 rings (SSSR count). The fraction of sp³-hybridized carbons (Fsp3) is 0.308. The van der Waals surface area contributed by atoms with Crippen LogP contribution in [0.2, 0.25) is 0 Å². The summed E-state index contributed by atoms with van der Waals surface area (Å²) in [5.74, 6) is -0.950. The number of para-hydroxylation sites is 1. The number of hydrogen-bond acceptors (Lipinski definition) is 5. The highest BCUT2D eigenvalue weighted by Crippen LogP contribution is 2.13. The van der Waals surface area contributed by atoms with Gasteiger partial charge < -0.3 is 15.2 Å². The highest BCUT2D eigenvalue weighted by molar-refractivity contribution is 5.94. The van der Waals surface area contributed by atoms with Gasteiger partial charge in [0.1, 0.15) is 5.75 Å². The first-order chi connectivity index (χ1) is 9.52. The van der Waals surface area contributed by atoms with Crippen LogP contribution in [0.4, 0.5) is 4.79 Å². The molecule has 0 heterocycles. The summed E-state index contributed by atoms with van der Waals surface area (Å²) in [5, 5.41) is 1.79. The summed E-state index contributed by atoms with van der Waals surface area (Å²) in [7, 11) is 0. The first kappa shape index (κ1) is 15.5. The van der Waals surface area contributed by atoms with Crippen LogP contribution in [0, 0.1) is 0 Å². The van der Waals surface area contributed by atoms with Gasteiger partial charge in [0.2, 0.25) is 0 Å². The predicted molar refractivity (Wildman–Crippen MR) is 69.8 cm³/mol. The van der Waals surface area contributed by atoms with Crippen molar-refractivity contribution in [2.24, 2.45) is 5.73 Å². The molecule has 0 aliphatic heterocycles. The quantitative estimate of drug-likeness (QED) is 0.741. The van der Waals surface area contributed by atoms with Crippen LogP contribution in [0.15, 0.2) is 30.3 Å². The van der Waals surface area contributed by atoms with Gasteiger partial charge in [0.25, 0.3) is 5.91 Å². The number of hydrogen-bond donors (Lipinski definition) is 2. The van der Waals surface area contributed by atoms with Gasteiger partial charge in [-0.25, -0.2) is 9.59 Å². The summed E-state index contributed by atoms with van der Waals surface area (Å²) in [4.78, 5) is 33.2. The van der Waals surface area contributed by atoms with E-state index in [-0.39, 0.29) is 0 Å². The lowest BCUT2D eigenvalue weighted by molar-refractivity contribution is -0.155. The summed E-state index contributed by atoms with van der Waals surface area (Å²) in [6, 6.07) is 7.77. The molecule has 1 atom stereocenters. The molecule has 7 heteroatoms. The van der Waals surface area contributed by atoms with Crippen molar-refractivity contribution in [3.8, 4) is 5.75 Å². The fourth-order valence-corrected chi connectivity index (χ4v) is 1.36. The van der Waals surface area contributed by atoms with Crippen LogP contribution in [0.5, 0.6) is 5.75 Å². The molecule has 0 aromatic heterocycles. The van der Waals surface area contributed by atoms with E-state index in [0.29, 0.717) is 12.2 Å². The predicted octanol–water partition coefficient (Wildman–Crippen LogP) is 0.582. The number of carbonyl (C=O) groups is 3. The van der Waals surface area contributed by atoms with Crippen LogP contribution in [0.25, 0.3) is 0 Å². The first-order valence-corrected chi connectivity index (χ1v) is 6.00. The Labute approximate surface area is 116 Å². The molecule has 1 aromatic carbocycles. The average Bonchev–Trinajstić information content (AvgIpc) is 2.42. The number of benzene rings is 1. The van der Waals surface area contributed by atoms with E-state index in [1.807, 2.05) is 6.07 Å². The molecule has 0 aliphatic rings. The SMILES string of the molecule is CC[C@@H](Oc1ccccc1)C(=O)OCC(=O)NC(N)=O. The zero-order chi connectivity index (χ0) is 15.0. The third kappa shape index (κ3) is 5.38. The Balaban J connectivity index is 2.47. The summed E-state index contributed by atoms with van der Waals surface area (Å²) in [6.45, 7) is 1.16. The van der Waals surface area contributed by atoms with E-state index in [2.05, 4.69) is 0 Å². The van der Waals surface area contributed by atoms with Crippen molar-refractivity contribution in [3.05, 3.63) is 30.3 Å². The zero-order valence-electron chi connectivity index (χ0n) is 11.0. The van der Waals surface area contributed by atoms with Gasteiger partial charge in [-0.15, -0.1) is 0 Å². The number of rotatable bonds is 6. The Morgan fingerprint density at radius 2 is 1.90 bits per heavy atom. The standard InChI is InChI=1S/C13H16N2O5/c1-2-10(20-9-6-4-3-5-7-9)12(17)19-8-11(16)15-13(14)18/h3-7,10H,2,8H2,1H3,(H3,14,15,16,18)/t10-/m1/s1. The molecule has 0 spiro atoms. The summed E-state index contributed by atoms with van der Waals surface area (Å²) < 4.78 is 10.2. The minimum absolute atomic E-state index is 0.380. The highest BCUT2D eigenvalue weighted by Gasteiger charge is 2.21. The van der Waals surface area contributed by atoms with Gasteiger partial charge in [0.05, 0.1) is 0 Å². The van der Waals surface area contributed by atoms with Crippen LogP contribution in [0.3, 0.4) is 0 Å². The van der Waals surface area contributed by atoms with E-state index >= 15 is 0 Å². The lowest BCUT2D eigenvalue weighted by atomic mass is 10.2. The van der Waals surface area contributed by atoms with Gasteiger partial charge in [0, 0.05) is 0 Å². The van der Waals surface area contributed by atoms with Crippen molar-refractivity contribution >= 4 is 17.9 Å². The number of ether oxygens (including phenoxy) is 2. The number of primary amides is 1. The zero-order valence-corrected chi connectivity index (χ0v) is 11.0. The third-order valence-electron chi connectivity index (χ3n) is 2.26. The average molecular weight is 280 g/mol. The molecule has 0 bridgehead atoms. The first-order valence-electron chi connectivity index (χ1n) is 6.00. The minimum Gasteiger partial charge on any atom is -0.479 e. The van der Waals surface area contributed by atoms with E-state index in [4.69, 9.17) is 15.2 Å². The third-order valence-corrected chi connectivity index (χ3v) is 2.26. The molecule has 0 saturated heterocycles. The molecule has 1 aromatic rings. The van der Waals surface area contributed by atoms with E-state index in [1.165, 1.54) is 0 Å². The Bertz CT molecular complexity index is 475. The number of urea groups is 1. The second-order valence-electron chi connectivity index (χ2n) is 3.85. The van der Waals surface area contributed by atoms with Gasteiger partial charge in [-0.05, 0) is 18.6 Å². The summed E-state index contributed by atoms with van der Waals surface area (Å²) in [5.41, 5.74) is 4.75. The number of nitrogens with two attached hydrogens (primary N) is 1. The van der Waals surface area contributed by atoms with Crippen molar-refractivity contribution in [2.75, 3.05) is 6.61 Å². The van der Waals surface area contributed by atoms with E-state index in [1.54, 1.807) is 36.5 Å². The molecule has 0 saturated carbocycles. The van der Waals surface area contributed by atoms with Crippen molar-refractivity contribution in [3.63, 3.8) is 0 Å². The number of esters is 1. The maximum atomic E-state index is 11.7. The van der Waals surface area contributed by atoms with Gasteiger partial charge in [0.15, 0.2) is 12.7 Å². The summed E-state index contributed by atoms with van der Waals surface area (Å²) in [6.07, 6.45) is -0.440. The topological polar surface area (TPSA) is 108 Å². The van der Waals surface area contributed by atoms with E-state index in [9.17, 15) is 14.4 Å². The summed E-state index contributed by atoms with van der Waals surface area (Å²) >= 11 is 0. The van der Waals surface area contributed by atoms with Crippen molar-refractivity contribution in [1.29, 1.82) is 0 Å². The molecule has 0 radical (unpaired) electrons. The molecule has 20 heavy (non-hydrogen) atoms. The number of amides is 3. The van der Waals surface area contributed by atoms with Gasteiger partial charge in [-0.2, -0.15) is 0 Å². The molecule has 3 N–H and O–H groups in total. The monoisotopic (exact) mass is 280 g/mol. The van der Waals surface area contributed by atoms with Crippen LogP contribution in [0.1, 0.15) is 13.3 Å². The molecule has 108 valence electrons. The number of carbonyl (C=O) groups excluding carboxylic acids is 3. The van der Waals surface area contributed by atoms with E-state index in [0.717, 1.165) is 0 Å². The van der Waals surface area contributed by atoms with Crippen LogP contribution in [-0.2, 0) is 14.3 Å². The van der Waals surface area contributed by atoms with Crippen molar-refractivity contribution in [1.82, 2.24) is 5.32 Å². The molecule has 3 amide bonds.